The van der Waals surface area contributed by atoms with Crippen molar-refractivity contribution in [2.24, 2.45) is 5.73 Å². The Morgan fingerprint density at radius 1 is 1.00 bits per heavy atom. The molecule has 0 bridgehead atoms. The molecule has 0 saturated heterocycles. The molecule has 0 unspecified atom stereocenters. The van der Waals surface area contributed by atoms with Crippen molar-refractivity contribution in [1.82, 2.24) is 0 Å². The molecule has 0 amide bonds. The van der Waals surface area contributed by atoms with E-state index in [9.17, 15) is 4.39 Å². The maximum atomic E-state index is 13.4. The number of rotatable bonds is 4. The fourth-order valence-corrected chi connectivity index (χ4v) is 2.43. The topological polar surface area (TPSA) is 35.2 Å². The van der Waals surface area contributed by atoms with E-state index >= 15 is 0 Å². The van der Waals surface area contributed by atoms with Crippen LogP contribution in [0.4, 0.5) is 4.39 Å². The molecular weight excluding hydrogens is 377 g/mol. The Labute approximate surface area is 128 Å². The highest BCUT2D eigenvalue weighted by Gasteiger charge is 2.05. The first-order chi connectivity index (χ1) is 9.10. The Kier molecular flexibility index (Phi) is 4.96. The van der Waals surface area contributed by atoms with Crippen LogP contribution >= 0.6 is 31.9 Å². The van der Waals surface area contributed by atoms with Gasteiger partial charge >= 0.3 is 0 Å². The van der Waals surface area contributed by atoms with Crippen LogP contribution in [0.25, 0.3) is 0 Å². The minimum atomic E-state index is -0.351. The van der Waals surface area contributed by atoms with Crippen LogP contribution in [0.2, 0.25) is 0 Å². The van der Waals surface area contributed by atoms with Crippen molar-refractivity contribution in [1.29, 1.82) is 0 Å². The van der Waals surface area contributed by atoms with Crippen molar-refractivity contribution >= 4 is 31.9 Å². The summed E-state index contributed by atoms with van der Waals surface area (Å²) in [5, 5.41) is 0. The molecule has 0 saturated carbocycles. The van der Waals surface area contributed by atoms with Crippen molar-refractivity contribution in [3.63, 3.8) is 0 Å². The minimum absolute atomic E-state index is 0.351. The van der Waals surface area contributed by atoms with E-state index in [2.05, 4.69) is 31.9 Å². The Morgan fingerprint density at radius 3 is 2.32 bits per heavy atom. The second-order valence-corrected chi connectivity index (χ2v) is 5.68. The second-order valence-electron chi connectivity index (χ2n) is 3.97. The predicted octanol–water partition coefficient (Wildman–Crippen LogP) is 4.64. The first-order valence-electron chi connectivity index (χ1n) is 5.71. The van der Waals surface area contributed by atoms with Crippen LogP contribution in [-0.4, -0.2) is 6.54 Å². The standard InChI is InChI=1S/C14H12Br2FNO/c15-12-4-3-11(8-14(12)17)19-10-2-1-9(5-6-18)13(16)7-10/h1-4,7-8H,5-6,18H2. The fraction of sp³-hybridized carbons (Fsp3) is 0.143. The van der Waals surface area contributed by atoms with Crippen molar-refractivity contribution in [3.05, 3.63) is 56.7 Å². The predicted molar refractivity (Wildman–Crippen MR) is 81.1 cm³/mol. The minimum Gasteiger partial charge on any atom is -0.457 e. The molecule has 0 fully saturated rings. The molecule has 0 radical (unpaired) electrons. The summed E-state index contributed by atoms with van der Waals surface area (Å²) in [4.78, 5) is 0. The van der Waals surface area contributed by atoms with Gasteiger partial charge < -0.3 is 10.5 Å². The largest absolute Gasteiger partial charge is 0.457 e. The zero-order chi connectivity index (χ0) is 13.8. The van der Waals surface area contributed by atoms with Gasteiger partial charge in [-0.15, -0.1) is 0 Å². The van der Waals surface area contributed by atoms with Gasteiger partial charge in [0.05, 0.1) is 4.47 Å². The van der Waals surface area contributed by atoms with Gasteiger partial charge in [0.2, 0.25) is 0 Å². The molecule has 0 aliphatic carbocycles. The van der Waals surface area contributed by atoms with Gasteiger partial charge in [-0.3, -0.25) is 0 Å². The second kappa shape index (κ2) is 6.50. The normalized spacial score (nSPS) is 10.5. The molecule has 5 heteroatoms. The van der Waals surface area contributed by atoms with Crippen LogP contribution in [0, 0.1) is 5.82 Å². The van der Waals surface area contributed by atoms with E-state index in [1.54, 1.807) is 12.1 Å². The smallest absolute Gasteiger partial charge is 0.141 e. The highest BCUT2D eigenvalue weighted by atomic mass is 79.9. The van der Waals surface area contributed by atoms with E-state index in [0.717, 1.165) is 16.5 Å². The molecule has 0 atom stereocenters. The van der Waals surface area contributed by atoms with Gasteiger partial charge in [0.25, 0.3) is 0 Å². The van der Waals surface area contributed by atoms with E-state index in [4.69, 9.17) is 10.5 Å². The Morgan fingerprint density at radius 2 is 1.68 bits per heavy atom. The quantitative estimate of drug-likeness (QED) is 0.827. The van der Waals surface area contributed by atoms with E-state index < -0.39 is 0 Å². The van der Waals surface area contributed by atoms with Gasteiger partial charge in [0, 0.05) is 10.5 Å². The SMILES string of the molecule is NCCc1ccc(Oc2ccc(Br)c(F)c2)cc1Br. The van der Waals surface area contributed by atoms with Gasteiger partial charge in [-0.1, -0.05) is 22.0 Å². The first-order valence-corrected chi connectivity index (χ1v) is 7.30. The van der Waals surface area contributed by atoms with Gasteiger partial charge in [-0.25, -0.2) is 4.39 Å². The van der Waals surface area contributed by atoms with E-state index in [1.165, 1.54) is 6.07 Å². The van der Waals surface area contributed by atoms with Gasteiger partial charge in [-0.05, 0) is 58.7 Å². The average Bonchev–Trinajstić information content (AvgIpc) is 2.37. The molecule has 2 rings (SSSR count). The monoisotopic (exact) mass is 387 g/mol. The number of benzene rings is 2. The van der Waals surface area contributed by atoms with Gasteiger partial charge in [-0.2, -0.15) is 0 Å². The van der Waals surface area contributed by atoms with E-state index in [0.29, 0.717) is 22.5 Å². The third-order valence-electron chi connectivity index (χ3n) is 2.56. The third kappa shape index (κ3) is 3.78. The maximum Gasteiger partial charge on any atom is 0.141 e. The molecule has 2 aromatic carbocycles. The maximum absolute atomic E-state index is 13.4. The van der Waals surface area contributed by atoms with E-state index in [1.807, 2.05) is 18.2 Å². The molecule has 0 aliphatic heterocycles. The molecule has 0 spiro atoms. The lowest BCUT2D eigenvalue weighted by Crippen LogP contribution is -2.03. The number of hydrogen-bond donors (Lipinski definition) is 1. The van der Waals surface area contributed by atoms with Crippen molar-refractivity contribution in [2.75, 3.05) is 6.54 Å². The fourth-order valence-electron chi connectivity index (χ4n) is 1.63. The molecule has 0 heterocycles. The van der Waals surface area contributed by atoms with Crippen LogP contribution in [0.15, 0.2) is 45.3 Å². The summed E-state index contributed by atoms with van der Waals surface area (Å²) in [6, 6.07) is 10.3. The third-order valence-corrected chi connectivity index (χ3v) is 3.95. The lowest BCUT2D eigenvalue weighted by molar-refractivity contribution is 0.475. The highest BCUT2D eigenvalue weighted by Crippen LogP contribution is 2.29. The number of nitrogens with two attached hydrogens (primary N) is 1. The Bertz CT molecular complexity index is 590. The first kappa shape index (κ1) is 14.5. The summed E-state index contributed by atoms with van der Waals surface area (Å²) >= 11 is 6.57. The van der Waals surface area contributed by atoms with Crippen LogP contribution in [0.3, 0.4) is 0 Å². The summed E-state index contributed by atoms with van der Waals surface area (Å²) in [5.74, 6) is 0.755. The van der Waals surface area contributed by atoms with Crippen LogP contribution in [0.1, 0.15) is 5.56 Å². The molecule has 0 aliphatic rings. The average molecular weight is 389 g/mol. The summed E-state index contributed by atoms with van der Waals surface area (Å²) in [7, 11) is 0. The molecule has 100 valence electrons. The zero-order valence-electron chi connectivity index (χ0n) is 10.00. The lowest BCUT2D eigenvalue weighted by atomic mass is 10.1. The zero-order valence-corrected chi connectivity index (χ0v) is 13.2. The lowest BCUT2D eigenvalue weighted by Gasteiger charge is -2.09. The summed E-state index contributed by atoms with van der Waals surface area (Å²) in [5.41, 5.74) is 6.65. The van der Waals surface area contributed by atoms with Gasteiger partial charge in [0.1, 0.15) is 17.3 Å². The summed E-state index contributed by atoms with van der Waals surface area (Å²) < 4.78 is 20.3. The molecule has 2 N–H and O–H groups in total. The molecule has 2 aromatic rings. The molecular formula is C14H12Br2FNO. The van der Waals surface area contributed by atoms with Gasteiger partial charge in [0.15, 0.2) is 0 Å². The molecule has 19 heavy (non-hydrogen) atoms. The highest BCUT2D eigenvalue weighted by molar-refractivity contribution is 9.10. The molecule has 0 aromatic heterocycles. The van der Waals surface area contributed by atoms with Crippen molar-refractivity contribution in [2.45, 2.75) is 6.42 Å². The molecule has 2 nitrogen and oxygen atoms in total. The van der Waals surface area contributed by atoms with Crippen molar-refractivity contribution < 1.29 is 9.13 Å². The summed E-state index contributed by atoms with van der Waals surface area (Å²) in [6.07, 6.45) is 0.799. The van der Waals surface area contributed by atoms with Crippen molar-refractivity contribution in [3.8, 4) is 11.5 Å². The Balaban J connectivity index is 2.19. The van der Waals surface area contributed by atoms with Crippen LogP contribution in [0.5, 0.6) is 11.5 Å². The number of halogens is 3. The summed E-state index contributed by atoms with van der Waals surface area (Å²) in [6.45, 7) is 0.594. The van der Waals surface area contributed by atoms with Crippen LogP contribution < -0.4 is 10.5 Å². The number of ether oxygens (including phenoxy) is 1. The van der Waals surface area contributed by atoms with Crippen LogP contribution in [-0.2, 0) is 6.42 Å². The van der Waals surface area contributed by atoms with E-state index in [-0.39, 0.29) is 5.82 Å². The number of hydrogen-bond acceptors (Lipinski definition) is 2. The Hall–Kier alpha value is -0.910.